The Morgan fingerprint density at radius 1 is 1.33 bits per heavy atom. The maximum absolute atomic E-state index is 12.6. The molecule has 2 aliphatic heterocycles. The van der Waals surface area contributed by atoms with Crippen LogP contribution in [0.15, 0.2) is 20.2 Å². The molecule has 0 bridgehead atoms. The van der Waals surface area contributed by atoms with Gasteiger partial charge in [-0.05, 0) is 19.8 Å². The van der Waals surface area contributed by atoms with Crippen LogP contribution in [-0.2, 0) is 29.0 Å². The van der Waals surface area contributed by atoms with Gasteiger partial charge in [-0.15, -0.1) is 0 Å². The van der Waals surface area contributed by atoms with Crippen LogP contribution in [0.5, 0.6) is 0 Å². The van der Waals surface area contributed by atoms with E-state index < -0.39 is 11.2 Å². The topological polar surface area (TPSA) is 110 Å². The summed E-state index contributed by atoms with van der Waals surface area (Å²) in [5.74, 6) is 1.67. The number of H-pyrrole nitrogens is 1. The molecule has 0 aliphatic carbocycles. The van der Waals surface area contributed by atoms with Gasteiger partial charge in [0.05, 0.1) is 6.54 Å². The molecular formula is C18H22N4O5. The lowest BCUT2D eigenvalue weighted by molar-refractivity contribution is -0.133. The Bertz CT molecular complexity index is 967. The largest absolute Gasteiger partial charge is 0.445 e. The van der Waals surface area contributed by atoms with Gasteiger partial charge in [0.2, 0.25) is 5.91 Å². The molecule has 2 aliphatic rings. The predicted octanol–water partition coefficient (Wildman–Crippen LogP) is 0.312. The number of nitrogens with one attached hydrogen (secondary N) is 1. The van der Waals surface area contributed by atoms with Crippen molar-refractivity contribution in [2.75, 3.05) is 19.8 Å². The lowest BCUT2D eigenvalue weighted by Crippen LogP contribution is -2.41. The molecule has 4 heterocycles. The highest BCUT2D eigenvalue weighted by Gasteiger charge is 2.28. The minimum absolute atomic E-state index is 0.115. The van der Waals surface area contributed by atoms with Crippen LogP contribution in [0.1, 0.15) is 41.7 Å². The zero-order valence-corrected chi connectivity index (χ0v) is 15.2. The van der Waals surface area contributed by atoms with Gasteiger partial charge in [0, 0.05) is 43.9 Å². The number of carbonyl (C=O) groups is 1. The molecule has 2 aromatic heterocycles. The summed E-state index contributed by atoms with van der Waals surface area (Å²) in [5, 5.41) is 0. The Morgan fingerprint density at radius 3 is 2.89 bits per heavy atom. The van der Waals surface area contributed by atoms with Crippen molar-refractivity contribution in [3.05, 3.63) is 49.9 Å². The van der Waals surface area contributed by atoms with Gasteiger partial charge in [0.25, 0.3) is 5.56 Å². The molecule has 0 unspecified atom stereocenters. The molecule has 1 fully saturated rings. The minimum Gasteiger partial charge on any atom is -0.445 e. The van der Waals surface area contributed by atoms with E-state index in [1.807, 2.05) is 0 Å². The summed E-state index contributed by atoms with van der Waals surface area (Å²) >= 11 is 0. The summed E-state index contributed by atoms with van der Waals surface area (Å²) in [5.41, 5.74) is 0.163. The molecular weight excluding hydrogens is 352 g/mol. The zero-order chi connectivity index (χ0) is 19.0. The van der Waals surface area contributed by atoms with Crippen LogP contribution in [0.2, 0.25) is 0 Å². The number of fused-ring (bicyclic) bond motifs is 1. The number of amides is 1. The van der Waals surface area contributed by atoms with E-state index in [1.165, 1.54) is 10.8 Å². The lowest BCUT2D eigenvalue weighted by atomic mass is 10.0. The molecule has 1 saturated heterocycles. The van der Waals surface area contributed by atoms with Crippen molar-refractivity contribution in [2.24, 2.45) is 0 Å². The van der Waals surface area contributed by atoms with E-state index in [4.69, 9.17) is 9.15 Å². The summed E-state index contributed by atoms with van der Waals surface area (Å²) in [6, 6.07) is 0. The Labute approximate surface area is 155 Å². The average molecular weight is 374 g/mol. The molecule has 0 aromatic carbocycles. The summed E-state index contributed by atoms with van der Waals surface area (Å²) in [6.45, 7) is 3.81. The van der Waals surface area contributed by atoms with Gasteiger partial charge in [-0.3, -0.25) is 19.1 Å². The number of rotatable bonds is 3. The first kappa shape index (κ1) is 17.7. The van der Waals surface area contributed by atoms with E-state index in [2.05, 4.69) is 9.97 Å². The minimum atomic E-state index is -0.583. The van der Waals surface area contributed by atoms with Gasteiger partial charge in [-0.25, -0.2) is 9.78 Å². The number of carbonyl (C=O) groups excluding carboxylic acids is 1. The van der Waals surface area contributed by atoms with Crippen LogP contribution in [0, 0.1) is 6.92 Å². The van der Waals surface area contributed by atoms with Gasteiger partial charge in [0.1, 0.15) is 18.0 Å². The van der Waals surface area contributed by atoms with E-state index in [0.717, 1.165) is 43.4 Å². The Hall–Kier alpha value is -2.68. The second-order valence-corrected chi connectivity index (χ2v) is 7.07. The highest BCUT2D eigenvalue weighted by molar-refractivity contribution is 5.76. The third-order valence-electron chi connectivity index (χ3n) is 5.16. The number of oxazole rings is 1. The van der Waals surface area contributed by atoms with Crippen molar-refractivity contribution in [2.45, 2.75) is 45.2 Å². The molecule has 144 valence electrons. The number of aromatic amines is 1. The molecule has 2 aromatic rings. The number of hydrogen-bond acceptors (Lipinski definition) is 6. The quantitative estimate of drug-likeness (QED) is 0.828. The second kappa shape index (κ2) is 7.15. The molecule has 0 radical (unpaired) electrons. The summed E-state index contributed by atoms with van der Waals surface area (Å²) < 4.78 is 12.5. The van der Waals surface area contributed by atoms with Crippen molar-refractivity contribution in [1.29, 1.82) is 0 Å². The monoisotopic (exact) mass is 374 g/mol. The molecule has 1 N–H and O–H groups in total. The first-order chi connectivity index (χ1) is 13.0. The summed E-state index contributed by atoms with van der Waals surface area (Å²) in [7, 11) is 0. The Morgan fingerprint density at radius 2 is 2.11 bits per heavy atom. The number of ether oxygens (including phenoxy) is 1. The highest BCUT2D eigenvalue weighted by Crippen LogP contribution is 2.30. The molecule has 1 amide bonds. The maximum atomic E-state index is 12.6. The van der Waals surface area contributed by atoms with Crippen molar-refractivity contribution in [1.82, 2.24) is 19.4 Å². The van der Waals surface area contributed by atoms with Crippen LogP contribution in [-0.4, -0.2) is 45.1 Å². The van der Waals surface area contributed by atoms with Crippen molar-refractivity contribution in [3.63, 3.8) is 0 Å². The number of aromatic nitrogens is 3. The van der Waals surface area contributed by atoms with E-state index in [0.29, 0.717) is 25.1 Å². The fourth-order valence-corrected chi connectivity index (χ4v) is 3.53. The summed E-state index contributed by atoms with van der Waals surface area (Å²) in [4.78, 5) is 44.5. The van der Waals surface area contributed by atoms with Crippen LogP contribution in [0.4, 0.5) is 0 Å². The molecule has 0 saturated carbocycles. The molecule has 9 nitrogen and oxygen atoms in total. The standard InChI is InChI=1S/C18H22N4O5/c1-11-8-22(18(25)20-16(11)24)10-15(23)21-5-2-14-13(9-21)19-17(27-14)12-3-6-26-7-4-12/h8,12H,2-7,9-10H2,1H3,(H,20,24,25). The predicted molar refractivity (Wildman–Crippen MR) is 94.5 cm³/mol. The normalized spacial score (nSPS) is 17.7. The second-order valence-electron chi connectivity index (χ2n) is 7.07. The van der Waals surface area contributed by atoms with Crippen LogP contribution < -0.4 is 11.2 Å². The van der Waals surface area contributed by atoms with E-state index in [9.17, 15) is 14.4 Å². The average Bonchev–Trinajstić information content (AvgIpc) is 3.10. The van der Waals surface area contributed by atoms with Gasteiger partial charge in [-0.2, -0.15) is 0 Å². The molecule has 0 spiro atoms. The van der Waals surface area contributed by atoms with E-state index in [-0.39, 0.29) is 18.4 Å². The first-order valence-corrected chi connectivity index (χ1v) is 9.15. The Kier molecular flexibility index (Phi) is 4.69. The van der Waals surface area contributed by atoms with Gasteiger partial charge in [0.15, 0.2) is 5.89 Å². The van der Waals surface area contributed by atoms with Crippen molar-refractivity contribution < 1.29 is 13.9 Å². The zero-order valence-electron chi connectivity index (χ0n) is 15.2. The van der Waals surface area contributed by atoms with Crippen molar-refractivity contribution in [3.8, 4) is 0 Å². The van der Waals surface area contributed by atoms with Crippen molar-refractivity contribution >= 4 is 5.91 Å². The van der Waals surface area contributed by atoms with E-state index >= 15 is 0 Å². The van der Waals surface area contributed by atoms with Crippen LogP contribution in [0.3, 0.4) is 0 Å². The van der Waals surface area contributed by atoms with Gasteiger partial charge < -0.3 is 14.1 Å². The Balaban J connectivity index is 1.47. The molecule has 4 rings (SSSR count). The molecule has 9 heteroatoms. The number of aryl methyl sites for hydroxylation is 1. The third kappa shape index (κ3) is 3.59. The smallest absolute Gasteiger partial charge is 0.328 e. The SMILES string of the molecule is Cc1cn(CC(=O)N2CCc3oc(C4CCOCC4)nc3C2)c(=O)[nH]c1=O. The molecule has 27 heavy (non-hydrogen) atoms. The van der Waals surface area contributed by atoms with Crippen LogP contribution in [0.25, 0.3) is 0 Å². The van der Waals surface area contributed by atoms with Gasteiger partial charge >= 0.3 is 5.69 Å². The maximum Gasteiger partial charge on any atom is 0.328 e. The number of hydrogen-bond donors (Lipinski definition) is 1. The highest BCUT2D eigenvalue weighted by atomic mass is 16.5. The van der Waals surface area contributed by atoms with E-state index in [1.54, 1.807) is 11.8 Å². The number of nitrogens with zero attached hydrogens (tertiary/aromatic N) is 3. The third-order valence-corrected chi connectivity index (χ3v) is 5.16. The first-order valence-electron chi connectivity index (χ1n) is 9.15. The molecule has 0 atom stereocenters. The summed E-state index contributed by atoms with van der Waals surface area (Å²) in [6.07, 6.45) is 3.82. The van der Waals surface area contributed by atoms with Crippen LogP contribution >= 0.6 is 0 Å². The lowest BCUT2D eigenvalue weighted by Gasteiger charge is -2.25. The van der Waals surface area contributed by atoms with Gasteiger partial charge in [-0.1, -0.05) is 0 Å². The fraction of sp³-hybridized carbons (Fsp3) is 0.556. The fourth-order valence-electron chi connectivity index (χ4n) is 3.53.